The molecule has 0 radical (unpaired) electrons. The summed E-state index contributed by atoms with van der Waals surface area (Å²) in [5.41, 5.74) is 2.49. The molecule has 0 spiro atoms. The minimum atomic E-state index is -0.549. The van der Waals surface area contributed by atoms with Crippen LogP contribution in [-0.4, -0.2) is 58.5 Å². The van der Waals surface area contributed by atoms with E-state index in [0.717, 1.165) is 11.1 Å². The molecule has 3 rings (SSSR count). The second-order valence-electron chi connectivity index (χ2n) is 7.17. The molecule has 7 heteroatoms. The average Bonchev–Trinajstić information content (AvgIpc) is 2.71. The van der Waals surface area contributed by atoms with Gasteiger partial charge in [-0.05, 0) is 29.5 Å². The van der Waals surface area contributed by atoms with Gasteiger partial charge in [0.15, 0.2) is 0 Å². The van der Waals surface area contributed by atoms with E-state index in [1.54, 1.807) is 29.8 Å². The van der Waals surface area contributed by atoms with Gasteiger partial charge in [0.1, 0.15) is 12.2 Å². The molecule has 1 aromatic heterocycles. The number of amides is 2. The van der Waals surface area contributed by atoms with Crippen LogP contribution in [0.2, 0.25) is 0 Å². The van der Waals surface area contributed by atoms with E-state index in [2.05, 4.69) is 0 Å². The summed E-state index contributed by atoms with van der Waals surface area (Å²) >= 11 is 0. The van der Waals surface area contributed by atoms with Crippen LogP contribution in [0.25, 0.3) is 0 Å². The Morgan fingerprint density at radius 2 is 1.89 bits per heavy atom. The molecule has 1 aliphatic rings. The van der Waals surface area contributed by atoms with E-state index in [9.17, 15) is 14.4 Å². The molecule has 0 saturated heterocycles. The molecule has 1 aliphatic heterocycles. The van der Waals surface area contributed by atoms with Crippen LogP contribution >= 0.6 is 0 Å². The fraction of sp³-hybridized carbons (Fsp3) is 0.381. The van der Waals surface area contributed by atoms with Gasteiger partial charge in [-0.15, -0.1) is 0 Å². The van der Waals surface area contributed by atoms with E-state index in [1.165, 1.54) is 4.90 Å². The quantitative estimate of drug-likeness (QED) is 0.823. The van der Waals surface area contributed by atoms with Gasteiger partial charge in [0.2, 0.25) is 5.91 Å². The Hall–Kier alpha value is -2.93. The fourth-order valence-corrected chi connectivity index (χ4v) is 3.53. The lowest BCUT2D eigenvalue weighted by molar-refractivity contribution is -0.135. The van der Waals surface area contributed by atoms with Crippen molar-refractivity contribution in [3.05, 3.63) is 69.1 Å². The van der Waals surface area contributed by atoms with Gasteiger partial charge in [-0.1, -0.05) is 30.3 Å². The summed E-state index contributed by atoms with van der Waals surface area (Å²) in [6, 6.07) is 9.83. The number of carbonyl (C=O) groups is 2. The number of fused-ring (bicyclic) bond motifs is 1. The first-order chi connectivity index (χ1) is 13.4. The maximum Gasteiger partial charge on any atom is 0.263 e. The maximum atomic E-state index is 13.1. The lowest BCUT2D eigenvalue weighted by Gasteiger charge is -2.30. The Labute approximate surface area is 163 Å². The number of aliphatic hydroxyl groups is 1. The highest BCUT2D eigenvalue weighted by Crippen LogP contribution is 2.22. The summed E-state index contributed by atoms with van der Waals surface area (Å²) in [5.74, 6) is -0.676. The molecule has 28 heavy (non-hydrogen) atoms. The molecule has 0 fully saturated rings. The Morgan fingerprint density at radius 1 is 1.18 bits per heavy atom. The van der Waals surface area contributed by atoms with Crippen LogP contribution in [-0.2, 0) is 30.7 Å². The van der Waals surface area contributed by atoms with Gasteiger partial charge in [-0.3, -0.25) is 14.4 Å². The zero-order valence-corrected chi connectivity index (χ0v) is 16.2. The van der Waals surface area contributed by atoms with E-state index in [1.807, 2.05) is 30.3 Å². The number of aryl methyl sites for hydroxylation is 2. The highest BCUT2D eigenvalue weighted by molar-refractivity contribution is 5.95. The fourth-order valence-electron chi connectivity index (χ4n) is 3.53. The molecule has 2 aromatic rings. The van der Waals surface area contributed by atoms with E-state index in [-0.39, 0.29) is 29.5 Å². The van der Waals surface area contributed by atoms with Gasteiger partial charge in [0.05, 0.1) is 0 Å². The first-order valence-electron chi connectivity index (χ1n) is 9.31. The highest BCUT2D eigenvalue weighted by Gasteiger charge is 2.28. The monoisotopic (exact) mass is 383 g/mol. The number of aliphatic hydroxyl groups excluding tert-OH is 1. The van der Waals surface area contributed by atoms with Crippen LogP contribution in [0.1, 0.15) is 27.0 Å². The van der Waals surface area contributed by atoms with Crippen LogP contribution in [0.15, 0.2) is 41.3 Å². The number of hydrogen-bond acceptors (Lipinski definition) is 4. The van der Waals surface area contributed by atoms with Crippen molar-refractivity contribution < 1.29 is 14.7 Å². The second kappa shape index (κ2) is 8.39. The van der Waals surface area contributed by atoms with Crippen LogP contribution in [0.5, 0.6) is 0 Å². The average molecular weight is 383 g/mol. The Bertz CT molecular complexity index is 935. The number of nitrogens with zero attached hydrogens (tertiary/aromatic N) is 3. The molecular weight excluding hydrogens is 358 g/mol. The van der Waals surface area contributed by atoms with Crippen LogP contribution in [0, 0.1) is 0 Å². The normalized spacial score (nSPS) is 13.2. The zero-order valence-electron chi connectivity index (χ0n) is 16.2. The Morgan fingerprint density at radius 3 is 2.54 bits per heavy atom. The van der Waals surface area contributed by atoms with Crippen LogP contribution in [0.4, 0.5) is 0 Å². The van der Waals surface area contributed by atoms with Crippen molar-refractivity contribution in [2.75, 3.05) is 27.2 Å². The molecule has 7 nitrogen and oxygen atoms in total. The summed E-state index contributed by atoms with van der Waals surface area (Å²) in [4.78, 5) is 40.7. The molecule has 1 N–H and O–H groups in total. The third kappa shape index (κ3) is 3.99. The number of carbonyl (C=O) groups excluding carboxylic acids is 2. The van der Waals surface area contributed by atoms with Crippen molar-refractivity contribution in [3.63, 3.8) is 0 Å². The minimum absolute atomic E-state index is 0.187. The predicted molar refractivity (Wildman–Crippen MR) is 105 cm³/mol. The van der Waals surface area contributed by atoms with Gasteiger partial charge in [-0.2, -0.15) is 0 Å². The molecule has 0 saturated carbocycles. The topological polar surface area (TPSA) is 82.9 Å². The molecule has 0 bridgehead atoms. The van der Waals surface area contributed by atoms with Crippen molar-refractivity contribution in [2.24, 2.45) is 0 Å². The standard InChI is InChI=1S/C21H25N3O4/c1-22(2)20(27)19-17-9-11-23(18(26)14-25)12-16(17)13-24(21(19)28)10-8-15-6-4-3-5-7-15/h3-7,13,25H,8-12,14H2,1-2H3. The van der Waals surface area contributed by atoms with Gasteiger partial charge >= 0.3 is 0 Å². The smallest absolute Gasteiger partial charge is 0.263 e. The largest absolute Gasteiger partial charge is 0.387 e. The van der Waals surface area contributed by atoms with Gasteiger partial charge in [0, 0.05) is 39.9 Å². The van der Waals surface area contributed by atoms with E-state index >= 15 is 0 Å². The summed E-state index contributed by atoms with van der Waals surface area (Å²) < 4.78 is 1.56. The molecule has 2 heterocycles. The number of hydrogen-bond donors (Lipinski definition) is 1. The molecule has 2 amide bonds. The van der Waals surface area contributed by atoms with Gasteiger partial charge in [-0.25, -0.2) is 0 Å². The zero-order chi connectivity index (χ0) is 20.3. The third-order valence-corrected chi connectivity index (χ3v) is 5.06. The SMILES string of the molecule is CN(C)C(=O)c1c2c(cn(CCc3ccccc3)c1=O)CN(C(=O)CO)CC2. The highest BCUT2D eigenvalue weighted by atomic mass is 16.3. The molecule has 1 aromatic carbocycles. The summed E-state index contributed by atoms with van der Waals surface area (Å²) in [7, 11) is 3.25. The van der Waals surface area contributed by atoms with Crippen molar-refractivity contribution in [3.8, 4) is 0 Å². The van der Waals surface area contributed by atoms with Crippen molar-refractivity contribution in [1.82, 2.24) is 14.4 Å². The maximum absolute atomic E-state index is 13.1. The summed E-state index contributed by atoms with van der Waals surface area (Å²) in [6.07, 6.45) is 2.84. The molecular formula is C21H25N3O4. The Kier molecular flexibility index (Phi) is 5.94. The molecule has 148 valence electrons. The van der Waals surface area contributed by atoms with E-state index in [4.69, 9.17) is 5.11 Å². The summed E-state index contributed by atoms with van der Waals surface area (Å²) in [6.45, 7) is 0.561. The van der Waals surface area contributed by atoms with Crippen molar-refractivity contribution >= 4 is 11.8 Å². The Balaban J connectivity index is 2.00. The first kappa shape index (κ1) is 19.8. The van der Waals surface area contributed by atoms with Gasteiger partial charge in [0.25, 0.3) is 11.5 Å². The van der Waals surface area contributed by atoms with E-state index in [0.29, 0.717) is 31.5 Å². The number of pyridine rings is 1. The predicted octanol–water partition coefficient (Wildman–Crippen LogP) is 0.670. The van der Waals surface area contributed by atoms with Crippen LogP contribution in [0.3, 0.4) is 0 Å². The second-order valence-corrected chi connectivity index (χ2v) is 7.17. The van der Waals surface area contributed by atoms with Gasteiger partial charge < -0.3 is 19.5 Å². The van der Waals surface area contributed by atoms with Crippen molar-refractivity contribution in [2.45, 2.75) is 25.9 Å². The first-order valence-corrected chi connectivity index (χ1v) is 9.31. The number of benzene rings is 1. The number of rotatable bonds is 5. The third-order valence-electron chi connectivity index (χ3n) is 5.06. The van der Waals surface area contributed by atoms with Crippen molar-refractivity contribution in [1.29, 1.82) is 0 Å². The lowest BCUT2D eigenvalue weighted by Crippen LogP contribution is -2.42. The number of aromatic nitrogens is 1. The van der Waals surface area contributed by atoms with E-state index < -0.39 is 6.61 Å². The lowest BCUT2D eigenvalue weighted by atomic mass is 9.95. The summed E-state index contributed by atoms with van der Waals surface area (Å²) in [5, 5.41) is 9.15. The molecule has 0 aliphatic carbocycles. The molecule has 0 unspecified atom stereocenters. The minimum Gasteiger partial charge on any atom is -0.387 e. The molecule has 0 atom stereocenters. The van der Waals surface area contributed by atoms with Crippen LogP contribution < -0.4 is 5.56 Å².